The molecule has 2 fully saturated rings. The number of hydrogen-bond acceptors (Lipinski definition) is 4. The van der Waals surface area contributed by atoms with Crippen molar-refractivity contribution in [1.29, 1.82) is 0 Å². The number of carbonyl (C=O) groups is 2. The van der Waals surface area contributed by atoms with Crippen molar-refractivity contribution in [3.8, 4) is 11.5 Å². The highest BCUT2D eigenvalue weighted by atomic mass is 16.5. The molecule has 0 aromatic heterocycles. The summed E-state index contributed by atoms with van der Waals surface area (Å²) in [7, 11) is 0. The summed E-state index contributed by atoms with van der Waals surface area (Å²) in [5.74, 6) is 3.34. The van der Waals surface area contributed by atoms with Crippen molar-refractivity contribution in [1.82, 2.24) is 0 Å². The molecule has 3 rings (SSSR count). The molecule has 2 aliphatic carbocycles. The molecule has 2 aliphatic rings. The molecule has 0 bridgehead atoms. The predicted molar refractivity (Wildman–Crippen MR) is 128 cm³/mol. The molecule has 2 saturated carbocycles. The van der Waals surface area contributed by atoms with Gasteiger partial charge >= 0.3 is 11.9 Å². The molecule has 0 radical (unpaired) electrons. The quantitative estimate of drug-likeness (QED) is 0.214. The number of unbranched alkanes of at least 4 members (excludes halogenated alkanes) is 3. The SMILES string of the molecule is CCCCCCC(=O)Oc1ccc(OC(=O)C2CCC(C3CCC(CC)CC3)CC2)cc1. The molecule has 1 aromatic rings. The van der Waals surface area contributed by atoms with E-state index < -0.39 is 0 Å². The molecular weight excluding hydrogens is 400 g/mol. The lowest BCUT2D eigenvalue weighted by Gasteiger charge is -2.37. The van der Waals surface area contributed by atoms with Crippen molar-refractivity contribution in [2.24, 2.45) is 23.7 Å². The van der Waals surface area contributed by atoms with E-state index >= 15 is 0 Å². The molecule has 0 heterocycles. The van der Waals surface area contributed by atoms with E-state index in [9.17, 15) is 9.59 Å². The third-order valence-corrected chi connectivity index (χ3v) is 7.75. The third kappa shape index (κ3) is 7.64. The maximum Gasteiger partial charge on any atom is 0.314 e. The average molecular weight is 443 g/mol. The highest BCUT2D eigenvalue weighted by molar-refractivity contribution is 5.75. The second kappa shape index (κ2) is 13.0. The first-order chi connectivity index (χ1) is 15.6. The van der Waals surface area contributed by atoms with Crippen LogP contribution in [-0.2, 0) is 9.59 Å². The summed E-state index contributed by atoms with van der Waals surface area (Å²) in [6, 6.07) is 6.84. The van der Waals surface area contributed by atoms with Crippen LogP contribution in [-0.4, -0.2) is 11.9 Å². The first-order valence-corrected chi connectivity index (χ1v) is 13.1. The molecule has 0 atom stereocenters. The molecule has 0 N–H and O–H groups in total. The van der Waals surface area contributed by atoms with E-state index in [4.69, 9.17) is 9.47 Å². The Morgan fingerprint density at radius 3 is 1.88 bits per heavy atom. The lowest BCUT2D eigenvalue weighted by Crippen LogP contribution is -2.30. The van der Waals surface area contributed by atoms with Crippen LogP contribution in [0.2, 0.25) is 0 Å². The Morgan fingerprint density at radius 2 is 1.31 bits per heavy atom. The van der Waals surface area contributed by atoms with E-state index in [1.54, 1.807) is 24.3 Å². The van der Waals surface area contributed by atoms with Crippen LogP contribution in [0.25, 0.3) is 0 Å². The highest BCUT2D eigenvalue weighted by Gasteiger charge is 2.33. The topological polar surface area (TPSA) is 52.6 Å². The Hall–Kier alpha value is -1.84. The molecule has 1 aromatic carbocycles. The van der Waals surface area contributed by atoms with E-state index in [0.717, 1.165) is 69.1 Å². The number of carbonyl (C=O) groups excluding carboxylic acids is 2. The molecule has 4 heteroatoms. The summed E-state index contributed by atoms with van der Waals surface area (Å²) < 4.78 is 11.0. The fourth-order valence-corrected chi connectivity index (χ4v) is 5.55. The second-order valence-electron chi connectivity index (χ2n) is 9.98. The Bertz CT molecular complexity index is 695. The van der Waals surface area contributed by atoms with Crippen LogP contribution in [0.5, 0.6) is 11.5 Å². The van der Waals surface area contributed by atoms with Crippen LogP contribution in [0.15, 0.2) is 24.3 Å². The van der Waals surface area contributed by atoms with Crippen LogP contribution in [0, 0.1) is 23.7 Å². The monoisotopic (exact) mass is 442 g/mol. The number of ether oxygens (including phenoxy) is 2. The summed E-state index contributed by atoms with van der Waals surface area (Å²) in [5.41, 5.74) is 0. The molecule has 0 spiro atoms. The molecular formula is C28H42O4. The molecule has 0 saturated heterocycles. The standard InChI is InChI=1S/C28H42O4/c1-3-5-6-7-8-27(29)31-25-17-19-26(20-18-25)32-28(30)24-15-13-23(14-16-24)22-11-9-21(4-2)10-12-22/h17-24H,3-16H2,1-2H3. The van der Waals surface area contributed by atoms with E-state index in [-0.39, 0.29) is 17.9 Å². The summed E-state index contributed by atoms with van der Waals surface area (Å²) >= 11 is 0. The Morgan fingerprint density at radius 1 is 0.750 bits per heavy atom. The number of rotatable bonds is 10. The van der Waals surface area contributed by atoms with Gasteiger partial charge < -0.3 is 9.47 Å². The third-order valence-electron chi connectivity index (χ3n) is 7.75. The Kier molecular flexibility index (Phi) is 10.1. The van der Waals surface area contributed by atoms with Crippen LogP contribution in [0.4, 0.5) is 0 Å². The molecule has 0 unspecified atom stereocenters. The summed E-state index contributed by atoms with van der Waals surface area (Å²) in [4.78, 5) is 24.6. The number of esters is 2. The zero-order chi connectivity index (χ0) is 22.8. The van der Waals surface area contributed by atoms with E-state index in [1.807, 2.05) is 0 Å². The van der Waals surface area contributed by atoms with Gasteiger partial charge in [-0.25, -0.2) is 0 Å². The van der Waals surface area contributed by atoms with E-state index in [1.165, 1.54) is 32.1 Å². The smallest absolute Gasteiger partial charge is 0.314 e. The van der Waals surface area contributed by atoms with Crippen molar-refractivity contribution in [3.63, 3.8) is 0 Å². The summed E-state index contributed by atoms with van der Waals surface area (Å²) in [5, 5.41) is 0. The molecule has 32 heavy (non-hydrogen) atoms. The fourth-order valence-electron chi connectivity index (χ4n) is 5.55. The van der Waals surface area contributed by atoms with Gasteiger partial charge in [-0.05, 0) is 87.0 Å². The fraction of sp³-hybridized carbons (Fsp3) is 0.714. The van der Waals surface area contributed by atoms with Gasteiger partial charge in [0.25, 0.3) is 0 Å². The van der Waals surface area contributed by atoms with E-state index in [0.29, 0.717) is 17.9 Å². The van der Waals surface area contributed by atoms with Crippen LogP contribution < -0.4 is 9.47 Å². The van der Waals surface area contributed by atoms with Gasteiger partial charge in [0.05, 0.1) is 5.92 Å². The molecule has 0 amide bonds. The normalized spacial score (nSPS) is 25.8. The van der Waals surface area contributed by atoms with Gasteiger partial charge in [0.15, 0.2) is 0 Å². The minimum atomic E-state index is -0.203. The van der Waals surface area contributed by atoms with Gasteiger partial charge in [-0.15, -0.1) is 0 Å². The van der Waals surface area contributed by atoms with Gasteiger partial charge in [0, 0.05) is 6.42 Å². The van der Waals surface area contributed by atoms with Gasteiger partial charge in [-0.3, -0.25) is 9.59 Å². The van der Waals surface area contributed by atoms with E-state index in [2.05, 4.69) is 13.8 Å². The van der Waals surface area contributed by atoms with Crippen molar-refractivity contribution < 1.29 is 19.1 Å². The average Bonchev–Trinajstić information content (AvgIpc) is 2.83. The van der Waals surface area contributed by atoms with Crippen molar-refractivity contribution in [3.05, 3.63) is 24.3 Å². The zero-order valence-corrected chi connectivity index (χ0v) is 20.2. The van der Waals surface area contributed by atoms with Gasteiger partial charge in [-0.1, -0.05) is 52.4 Å². The molecule has 4 nitrogen and oxygen atoms in total. The lowest BCUT2D eigenvalue weighted by molar-refractivity contribution is -0.140. The zero-order valence-electron chi connectivity index (χ0n) is 20.2. The van der Waals surface area contributed by atoms with Crippen molar-refractivity contribution >= 4 is 11.9 Å². The Labute approximate surface area is 194 Å². The maximum absolute atomic E-state index is 12.7. The largest absolute Gasteiger partial charge is 0.427 e. The van der Waals surface area contributed by atoms with Crippen LogP contribution in [0.1, 0.15) is 104 Å². The van der Waals surface area contributed by atoms with Crippen molar-refractivity contribution in [2.45, 2.75) is 104 Å². The second-order valence-corrected chi connectivity index (χ2v) is 9.98. The summed E-state index contributed by atoms with van der Waals surface area (Å²) in [6.07, 6.45) is 15.8. The lowest BCUT2D eigenvalue weighted by atomic mass is 9.69. The predicted octanol–water partition coefficient (Wildman–Crippen LogP) is 7.49. The molecule has 178 valence electrons. The maximum atomic E-state index is 12.7. The molecule has 0 aliphatic heterocycles. The number of benzene rings is 1. The first kappa shape index (κ1) is 24.8. The van der Waals surface area contributed by atoms with Crippen LogP contribution in [0.3, 0.4) is 0 Å². The van der Waals surface area contributed by atoms with Gasteiger partial charge in [0.1, 0.15) is 11.5 Å². The Balaban J connectivity index is 1.37. The van der Waals surface area contributed by atoms with Crippen molar-refractivity contribution in [2.75, 3.05) is 0 Å². The summed E-state index contributed by atoms with van der Waals surface area (Å²) in [6.45, 7) is 4.47. The highest BCUT2D eigenvalue weighted by Crippen LogP contribution is 2.42. The minimum Gasteiger partial charge on any atom is -0.427 e. The van der Waals surface area contributed by atoms with Gasteiger partial charge in [-0.2, -0.15) is 0 Å². The first-order valence-electron chi connectivity index (χ1n) is 13.1. The van der Waals surface area contributed by atoms with Crippen LogP contribution >= 0.6 is 0 Å². The minimum absolute atomic E-state index is 0.0128. The van der Waals surface area contributed by atoms with Gasteiger partial charge in [0.2, 0.25) is 0 Å². The number of hydrogen-bond donors (Lipinski definition) is 0.